The number of ether oxygens (including phenoxy) is 1. The Morgan fingerprint density at radius 1 is 1.09 bits per heavy atom. The fourth-order valence-electron chi connectivity index (χ4n) is 5.09. The molecular formula is C25H25N5OS. The molecule has 1 aliphatic heterocycles. The van der Waals surface area contributed by atoms with E-state index < -0.39 is 0 Å². The van der Waals surface area contributed by atoms with Crippen molar-refractivity contribution in [1.29, 1.82) is 0 Å². The third kappa shape index (κ3) is 3.07. The molecule has 0 fully saturated rings. The Balaban J connectivity index is 1.41. The predicted molar refractivity (Wildman–Crippen MR) is 128 cm³/mol. The number of hydrogen-bond acceptors (Lipinski definition) is 6. The molecule has 162 valence electrons. The maximum Gasteiger partial charge on any atom is 0.189 e. The van der Waals surface area contributed by atoms with E-state index in [4.69, 9.17) is 14.7 Å². The van der Waals surface area contributed by atoms with Crippen LogP contribution < -0.4 is 10.1 Å². The van der Waals surface area contributed by atoms with Gasteiger partial charge in [0.1, 0.15) is 23.5 Å². The number of benzene rings is 2. The largest absolute Gasteiger partial charge is 0.485 e. The minimum atomic E-state index is -0.111. The Labute approximate surface area is 190 Å². The highest BCUT2D eigenvalue weighted by Gasteiger charge is 2.39. The molecular weight excluding hydrogens is 418 g/mol. The Hall–Kier alpha value is -3.03. The van der Waals surface area contributed by atoms with Gasteiger partial charge in [-0.1, -0.05) is 36.4 Å². The van der Waals surface area contributed by atoms with Crippen LogP contribution in [0.3, 0.4) is 0 Å². The summed E-state index contributed by atoms with van der Waals surface area (Å²) < 4.78 is 7.93. The van der Waals surface area contributed by atoms with Gasteiger partial charge in [0.15, 0.2) is 11.5 Å². The van der Waals surface area contributed by atoms with Gasteiger partial charge in [-0.3, -0.25) is 0 Å². The van der Waals surface area contributed by atoms with E-state index in [2.05, 4.69) is 56.3 Å². The standard InChI is InChI=1S/C25H25N5OS/c1-24(2)12-17-20-22-27-19(13-31-18-11-7-9-15-8-5-6-10-16(15)18)28-30(22)14-26-23(20)32-21(17)25(3,4)29-24/h5-11,14,29H,12-13H2,1-4H3. The van der Waals surface area contributed by atoms with Crippen molar-refractivity contribution in [2.24, 2.45) is 0 Å². The third-order valence-corrected chi connectivity index (χ3v) is 7.58. The van der Waals surface area contributed by atoms with Crippen LogP contribution in [0.5, 0.6) is 5.75 Å². The van der Waals surface area contributed by atoms with E-state index >= 15 is 0 Å². The van der Waals surface area contributed by atoms with Crippen LogP contribution in [0, 0.1) is 0 Å². The van der Waals surface area contributed by atoms with E-state index in [0.29, 0.717) is 12.4 Å². The van der Waals surface area contributed by atoms with E-state index in [0.717, 1.165) is 38.8 Å². The molecule has 0 radical (unpaired) electrons. The Bertz CT molecular complexity index is 1490. The molecule has 2 aromatic carbocycles. The molecule has 3 aromatic heterocycles. The van der Waals surface area contributed by atoms with Gasteiger partial charge >= 0.3 is 0 Å². The van der Waals surface area contributed by atoms with Crippen molar-refractivity contribution in [3.63, 3.8) is 0 Å². The zero-order chi connectivity index (χ0) is 22.1. The summed E-state index contributed by atoms with van der Waals surface area (Å²) in [6.07, 6.45) is 2.70. The molecule has 1 aliphatic rings. The highest BCUT2D eigenvalue weighted by atomic mass is 32.1. The summed E-state index contributed by atoms with van der Waals surface area (Å²) in [6.45, 7) is 9.30. The van der Waals surface area contributed by atoms with E-state index in [1.807, 2.05) is 24.3 Å². The van der Waals surface area contributed by atoms with Crippen molar-refractivity contribution in [2.75, 3.05) is 0 Å². The average molecular weight is 444 g/mol. The first-order valence-electron chi connectivity index (χ1n) is 10.9. The molecule has 1 N–H and O–H groups in total. The molecule has 32 heavy (non-hydrogen) atoms. The van der Waals surface area contributed by atoms with Crippen LogP contribution in [0.25, 0.3) is 26.6 Å². The first-order chi connectivity index (χ1) is 15.3. The summed E-state index contributed by atoms with van der Waals surface area (Å²) in [7, 11) is 0. The van der Waals surface area contributed by atoms with Gasteiger partial charge in [-0.05, 0) is 51.1 Å². The number of rotatable bonds is 3. The summed E-state index contributed by atoms with van der Waals surface area (Å²) in [5.74, 6) is 1.49. The van der Waals surface area contributed by atoms with Crippen LogP contribution in [0.1, 0.15) is 44.0 Å². The molecule has 0 saturated carbocycles. The molecule has 5 aromatic rings. The molecule has 4 heterocycles. The van der Waals surface area contributed by atoms with Crippen molar-refractivity contribution in [1.82, 2.24) is 24.9 Å². The number of hydrogen-bond donors (Lipinski definition) is 1. The molecule has 0 saturated heterocycles. The van der Waals surface area contributed by atoms with E-state index in [9.17, 15) is 0 Å². The zero-order valence-corrected chi connectivity index (χ0v) is 19.5. The van der Waals surface area contributed by atoms with Gasteiger partial charge in [-0.25, -0.2) is 14.5 Å². The van der Waals surface area contributed by atoms with Crippen LogP contribution in [0.2, 0.25) is 0 Å². The molecule has 0 amide bonds. The van der Waals surface area contributed by atoms with Crippen molar-refractivity contribution >= 4 is 38.0 Å². The SMILES string of the molecule is CC1(C)Cc2c(sc3ncn4nc(COc5cccc6ccccc56)nc4c23)C(C)(C)N1. The zero-order valence-electron chi connectivity index (χ0n) is 18.6. The quantitative estimate of drug-likeness (QED) is 0.414. The van der Waals surface area contributed by atoms with Gasteiger partial charge < -0.3 is 10.1 Å². The van der Waals surface area contributed by atoms with Crippen molar-refractivity contribution in [3.05, 3.63) is 65.1 Å². The number of thiophene rings is 1. The highest BCUT2D eigenvalue weighted by Crippen LogP contribution is 2.44. The van der Waals surface area contributed by atoms with Gasteiger partial charge in [0.2, 0.25) is 0 Å². The highest BCUT2D eigenvalue weighted by molar-refractivity contribution is 7.19. The fourth-order valence-corrected chi connectivity index (χ4v) is 6.30. The van der Waals surface area contributed by atoms with Crippen LogP contribution in [0.4, 0.5) is 0 Å². The topological polar surface area (TPSA) is 64.3 Å². The Morgan fingerprint density at radius 2 is 1.91 bits per heavy atom. The Morgan fingerprint density at radius 3 is 2.78 bits per heavy atom. The van der Waals surface area contributed by atoms with Crippen molar-refractivity contribution in [2.45, 2.75) is 51.8 Å². The number of aromatic nitrogens is 4. The first kappa shape index (κ1) is 19.6. The van der Waals surface area contributed by atoms with Crippen molar-refractivity contribution in [3.8, 4) is 5.75 Å². The molecule has 0 atom stereocenters. The second-order valence-corrected chi connectivity index (χ2v) is 10.7. The smallest absolute Gasteiger partial charge is 0.189 e. The number of nitrogens with zero attached hydrogens (tertiary/aromatic N) is 4. The van der Waals surface area contributed by atoms with Crippen LogP contribution in [0.15, 0.2) is 48.8 Å². The molecule has 0 unspecified atom stereocenters. The molecule has 7 heteroatoms. The summed E-state index contributed by atoms with van der Waals surface area (Å²) in [5.41, 5.74) is 2.08. The maximum atomic E-state index is 6.14. The lowest BCUT2D eigenvalue weighted by Crippen LogP contribution is -2.54. The second-order valence-electron chi connectivity index (χ2n) is 9.71. The van der Waals surface area contributed by atoms with Gasteiger partial charge in [0, 0.05) is 21.3 Å². The Kier molecular flexibility index (Phi) is 4.13. The predicted octanol–water partition coefficient (Wildman–Crippen LogP) is 5.23. The molecule has 0 bridgehead atoms. The summed E-state index contributed by atoms with van der Waals surface area (Å²) >= 11 is 1.76. The third-order valence-electron chi connectivity index (χ3n) is 6.12. The first-order valence-corrected chi connectivity index (χ1v) is 11.7. The summed E-state index contributed by atoms with van der Waals surface area (Å²) in [5, 5.41) is 11.8. The van der Waals surface area contributed by atoms with E-state index in [-0.39, 0.29) is 11.1 Å². The average Bonchev–Trinajstić information content (AvgIpc) is 3.32. The van der Waals surface area contributed by atoms with Gasteiger partial charge in [-0.2, -0.15) is 0 Å². The molecule has 0 aliphatic carbocycles. The van der Waals surface area contributed by atoms with E-state index in [1.165, 1.54) is 10.4 Å². The lowest BCUT2D eigenvalue weighted by Gasteiger charge is -2.42. The summed E-state index contributed by atoms with van der Waals surface area (Å²) in [4.78, 5) is 12.0. The fraction of sp³-hybridized carbons (Fsp3) is 0.320. The summed E-state index contributed by atoms with van der Waals surface area (Å²) in [6, 6.07) is 14.3. The molecule has 0 spiro atoms. The minimum Gasteiger partial charge on any atom is -0.485 e. The van der Waals surface area contributed by atoms with Gasteiger partial charge in [-0.15, -0.1) is 16.4 Å². The van der Waals surface area contributed by atoms with Crippen LogP contribution in [-0.2, 0) is 18.6 Å². The number of fused-ring (bicyclic) bond motifs is 6. The molecule has 6 rings (SSSR count). The van der Waals surface area contributed by atoms with Crippen LogP contribution >= 0.6 is 11.3 Å². The monoisotopic (exact) mass is 443 g/mol. The lowest BCUT2D eigenvalue weighted by molar-refractivity contribution is 0.248. The maximum absolute atomic E-state index is 6.14. The lowest BCUT2D eigenvalue weighted by atomic mass is 9.82. The van der Waals surface area contributed by atoms with Gasteiger partial charge in [0.05, 0.1) is 5.39 Å². The second kappa shape index (κ2) is 6.73. The van der Waals surface area contributed by atoms with E-state index in [1.54, 1.807) is 22.2 Å². The number of nitrogens with one attached hydrogen (secondary N) is 1. The minimum absolute atomic E-state index is 0.00232. The van der Waals surface area contributed by atoms with Crippen molar-refractivity contribution < 1.29 is 4.74 Å². The normalized spacial score (nSPS) is 17.1. The van der Waals surface area contributed by atoms with Gasteiger partial charge in [0.25, 0.3) is 0 Å². The molecule has 6 nitrogen and oxygen atoms in total. The van der Waals surface area contributed by atoms with Crippen LogP contribution in [-0.4, -0.2) is 25.1 Å².